The molecule has 1 amide bonds. The smallest absolute Gasteiger partial charge is 0.306 e. The summed E-state index contributed by atoms with van der Waals surface area (Å²) in [5, 5.41) is 0. The maximum Gasteiger partial charge on any atom is 0.306 e. The molecule has 4 rings (SSSR count). The third-order valence-electron chi connectivity index (χ3n) is 5.42. The molecule has 2 aliphatic heterocycles. The van der Waals surface area contributed by atoms with E-state index in [0.29, 0.717) is 31.0 Å². The summed E-state index contributed by atoms with van der Waals surface area (Å²) < 4.78 is 16.0. The minimum absolute atomic E-state index is 0.140. The molecule has 1 unspecified atom stereocenters. The van der Waals surface area contributed by atoms with Crippen molar-refractivity contribution in [1.29, 1.82) is 0 Å². The van der Waals surface area contributed by atoms with Crippen molar-refractivity contribution in [3.8, 4) is 11.5 Å². The van der Waals surface area contributed by atoms with Gasteiger partial charge in [-0.2, -0.15) is 0 Å². The maximum atomic E-state index is 12.7. The number of ether oxygens (including phenoxy) is 3. The Bertz CT molecular complexity index is 894. The molecule has 7 nitrogen and oxygen atoms in total. The van der Waals surface area contributed by atoms with Gasteiger partial charge in [-0.3, -0.25) is 9.59 Å². The van der Waals surface area contributed by atoms with Gasteiger partial charge in [0.2, 0.25) is 6.79 Å². The van der Waals surface area contributed by atoms with Crippen molar-refractivity contribution in [3.05, 3.63) is 54.1 Å². The fraction of sp³-hybridized carbons (Fsp3) is 0.391. The van der Waals surface area contributed by atoms with Crippen molar-refractivity contribution in [2.75, 3.05) is 37.9 Å². The highest BCUT2D eigenvalue weighted by atomic mass is 16.7. The molecule has 1 fully saturated rings. The van der Waals surface area contributed by atoms with Crippen LogP contribution in [0.5, 0.6) is 11.5 Å². The van der Waals surface area contributed by atoms with Gasteiger partial charge in [-0.25, -0.2) is 0 Å². The largest absolute Gasteiger partial charge is 0.454 e. The lowest BCUT2D eigenvalue weighted by Crippen LogP contribution is -2.51. The lowest BCUT2D eigenvalue weighted by atomic mass is 10.1. The van der Waals surface area contributed by atoms with Crippen LogP contribution in [0.2, 0.25) is 0 Å². The second kappa shape index (κ2) is 9.07. The van der Waals surface area contributed by atoms with Crippen LogP contribution in [0.1, 0.15) is 18.9 Å². The third-order valence-corrected chi connectivity index (χ3v) is 5.42. The van der Waals surface area contributed by atoms with Gasteiger partial charge < -0.3 is 24.0 Å². The molecule has 158 valence electrons. The van der Waals surface area contributed by atoms with Gasteiger partial charge in [-0.15, -0.1) is 0 Å². The Morgan fingerprint density at radius 1 is 1.00 bits per heavy atom. The summed E-state index contributed by atoms with van der Waals surface area (Å²) in [4.78, 5) is 28.9. The van der Waals surface area contributed by atoms with Gasteiger partial charge in [0.1, 0.15) is 0 Å². The molecule has 0 aromatic heterocycles. The van der Waals surface area contributed by atoms with Crippen LogP contribution in [0.4, 0.5) is 5.69 Å². The predicted octanol–water partition coefficient (Wildman–Crippen LogP) is 2.63. The van der Waals surface area contributed by atoms with Crippen molar-refractivity contribution in [2.45, 2.75) is 25.9 Å². The fourth-order valence-corrected chi connectivity index (χ4v) is 3.73. The number of aryl methyl sites for hydroxylation is 1. The number of anilines is 1. The number of nitrogens with zero attached hydrogens (tertiary/aromatic N) is 2. The molecule has 0 spiro atoms. The molecule has 2 heterocycles. The van der Waals surface area contributed by atoms with Crippen molar-refractivity contribution >= 4 is 17.6 Å². The van der Waals surface area contributed by atoms with Gasteiger partial charge in [-0.1, -0.05) is 24.3 Å². The molecular formula is C23H26N2O5. The van der Waals surface area contributed by atoms with Crippen LogP contribution in [0.15, 0.2) is 48.5 Å². The lowest BCUT2D eigenvalue weighted by Gasteiger charge is -2.37. The number of carbonyl (C=O) groups excluding carboxylic acids is 2. The van der Waals surface area contributed by atoms with E-state index < -0.39 is 6.10 Å². The number of esters is 1. The van der Waals surface area contributed by atoms with E-state index in [-0.39, 0.29) is 25.1 Å². The Morgan fingerprint density at radius 3 is 2.50 bits per heavy atom. The predicted molar refractivity (Wildman–Crippen MR) is 112 cm³/mol. The van der Waals surface area contributed by atoms with Crippen LogP contribution in [0.3, 0.4) is 0 Å². The van der Waals surface area contributed by atoms with E-state index in [9.17, 15) is 9.59 Å². The van der Waals surface area contributed by atoms with Gasteiger partial charge in [0.05, 0.1) is 0 Å². The third kappa shape index (κ3) is 4.67. The monoisotopic (exact) mass is 410 g/mol. The summed E-state index contributed by atoms with van der Waals surface area (Å²) in [6.07, 6.45) is -0.0527. The molecule has 1 saturated heterocycles. The average Bonchev–Trinajstić information content (AvgIpc) is 3.26. The average molecular weight is 410 g/mol. The quantitative estimate of drug-likeness (QED) is 0.682. The first-order valence-electron chi connectivity index (χ1n) is 10.3. The van der Waals surface area contributed by atoms with Gasteiger partial charge in [-0.05, 0) is 43.2 Å². The van der Waals surface area contributed by atoms with Gasteiger partial charge in [0.25, 0.3) is 5.91 Å². The number of para-hydroxylation sites is 1. The highest BCUT2D eigenvalue weighted by Gasteiger charge is 2.27. The number of hydrogen-bond donors (Lipinski definition) is 0. The van der Waals surface area contributed by atoms with E-state index in [2.05, 4.69) is 17.0 Å². The van der Waals surface area contributed by atoms with Crippen LogP contribution in [0.25, 0.3) is 0 Å². The molecule has 30 heavy (non-hydrogen) atoms. The Labute approximate surface area is 176 Å². The summed E-state index contributed by atoms with van der Waals surface area (Å²) in [6, 6.07) is 15.8. The molecule has 0 N–H and O–H groups in total. The molecule has 0 radical (unpaired) electrons. The molecule has 2 aliphatic rings. The van der Waals surface area contributed by atoms with Crippen LogP contribution in [-0.2, 0) is 20.7 Å². The molecule has 1 atom stereocenters. The molecule has 0 aliphatic carbocycles. The number of piperazine rings is 1. The Hall–Kier alpha value is -3.22. The standard InChI is InChI=1S/C23H26N2O5/c1-17(23(27)25-13-11-24(12-14-25)19-5-3-2-4-6-19)30-22(26)10-8-18-7-9-20-21(15-18)29-16-28-20/h2-7,9,15,17H,8,10-14,16H2,1H3. The number of hydrogen-bond acceptors (Lipinski definition) is 6. The van der Waals surface area contributed by atoms with Crippen molar-refractivity contribution < 1.29 is 23.8 Å². The normalized spacial score (nSPS) is 16.3. The molecule has 0 bridgehead atoms. The summed E-state index contributed by atoms with van der Waals surface area (Å²) in [6.45, 7) is 4.63. The first-order chi connectivity index (χ1) is 14.6. The van der Waals surface area contributed by atoms with Crippen LogP contribution in [0, 0.1) is 0 Å². The van der Waals surface area contributed by atoms with Gasteiger partial charge in [0.15, 0.2) is 17.6 Å². The summed E-state index contributed by atoms with van der Waals surface area (Å²) in [7, 11) is 0. The summed E-state index contributed by atoms with van der Waals surface area (Å²) in [5.74, 6) is 0.891. The van der Waals surface area contributed by atoms with E-state index in [1.165, 1.54) is 0 Å². The molecule has 0 saturated carbocycles. The highest BCUT2D eigenvalue weighted by Crippen LogP contribution is 2.32. The van der Waals surface area contributed by atoms with E-state index in [1.807, 2.05) is 36.4 Å². The summed E-state index contributed by atoms with van der Waals surface area (Å²) >= 11 is 0. The van der Waals surface area contributed by atoms with Crippen molar-refractivity contribution in [3.63, 3.8) is 0 Å². The molecule has 2 aromatic rings. The number of fused-ring (bicyclic) bond motifs is 1. The maximum absolute atomic E-state index is 12.7. The topological polar surface area (TPSA) is 68.3 Å². The summed E-state index contributed by atoms with van der Waals surface area (Å²) in [5.41, 5.74) is 2.12. The van der Waals surface area contributed by atoms with Crippen LogP contribution >= 0.6 is 0 Å². The fourth-order valence-electron chi connectivity index (χ4n) is 3.73. The van der Waals surface area contributed by atoms with Crippen molar-refractivity contribution in [1.82, 2.24) is 4.90 Å². The number of rotatable bonds is 6. The van der Waals surface area contributed by atoms with Crippen LogP contribution in [-0.4, -0.2) is 55.9 Å². The Balaban J connectivity index is 1.22. The van der Waals surface area contributed by atoms with E-state index in [0.717, 1.165) is 24.3 Å². The van der Waals surface area contributed by atoms with Gasteiger partial charge in [0, 0.05) is 38.3 Å². The number of carbonyl (C=O) groups is 2. The zero-order valence-corrected chi connectivity index (χ0v) is 17.1. The second-order valence-electron chi connectivity index (χ2n) is 7.47. The highest BCUT2D eigenvalue weighted by molar-refractivity contribution is 5.83. The Kier molecular flexibility index (Phi) is 6.07. The van der Waals surface area contributed by atoms with Crippen molar-refractivity contribution in [2.24, 2.45) is 0 Å². The lowest BCUT2D eigenvalue weighted by molar-refractivity contribution is -0.159. The molecule has 7 heteroatoms. The second-order valence-corrected chi connectivity index (χ2v) is 7.47. The van der Waals surface area contributed by atoms with E-state index in [1.54, 1.807) is 11.8 Å². The zero-order chi connectivity index (χ0) is 20.9. The molecule has 2 aromatic carbocycles. The zero-order valence-electron chi connectivity index (χ0n) is 17.1. The minimum atomic E-state index is -0.780. The van der Waals surface area contributed by atoms with Gasteiger partial charge >= 0.3 is 5.97 Å². The number of amides is 1. The van der Waals surface area contributed by atoms with E-state index >= 15 is 0 Å². The minimum Gasteiger partial charge on any atom is -0.454 e. The number of benzene rings is 2. The SMILES string of the molecule is CC(OC(=O)CCc1ccc2c(c1)OCO2)C(=O)N1CCN(c2ccccc2)CC1. The first kappa shape index (κ1) is 20.1. The molecular weight excluding hydrogens is 384 g/mol. The van der Waals surface area contributed by atoms with Crippen LogP contribution < -0.4 is 14.4 Å². The van der Waals surface area contributed by atoms with E-state index in [4.69, 9.17) is 14.2 Å². The Morgan fingerprint density at radius 2 is 1.73 bits per heavy atom. The first-order valence-corrected chi connectivity index (χ1v) is 10.3.